The molecule has 1 rings (SSSR count). The molecule has 0 heterocycles. The van der Waals surface area contributed by atoms with Gasteiger partial charge in [-0.25, -0.2) is 0 Å². The predicted octanol–water partition coefficient (Wildman–Crippen LogP) is 0.750. The van der Waals surface area contributed by atoms with E-state index in [9.17, 15) is 0 Å². The van der Waals surface area contributed by atoms with Gasteiger partial charge in [-0.1, -0.05) is 12.1 Å². The van der Waals surface area contributed by atoms with Crippen LogP contribution >= 0.6 is 0 Å². The zero-order valence-electron chi connectivity index (χ0n) is 8.98. The number of hydrogen-bond donors (Lipinski definition) is 2. The summed E-state index contributed by atoms with van der Waals surface area (Å²) in [6.07, 6.45) is 0.695. The van der Waals surface area contributed by atoms with Crippen LogP contribution in [0.1, 0.15) is 6.42 Å². The van der Waals surface area contributed by atoms with E-state index in [1.165, 1.54) is 0 Å². The second kappa shape index (κ2) is 6.27. The van der Waals surface area contributed by atoms with Crippen molar-refractivity contribution in [3.63, 3.8) is 0 Å². The van der Waals surface area contributed by atoms with Crippen LogP contribution in [0.5, 0.6) is 11.5 Å². The normalized spacial score (nSPS) is 12.2. The maximum atomic E-state index is 5.70. The van der Waals surface area contributed by atoms with Crippen molar-refractivity contribution in [2.75, 3.05) is 20.2 Å². The molecule has 0 aliphatic heterocycles. The van der Waals surface area contributed by atoms with Gasteiger partial charge in [0.1, 0.15) is 6.10 Å². The first kappa shape index (κ1) is 11.8. The van der Waals surface area contributed by atoms with Gasteiger partial charge in [0.15, 0.2) is 11.5 Å². The fourth-order valence-corrected chi connectivity index (χ4v) is 1.31. The Kier molecular flexibility index (Phi) is 4.93. The van der Waals surface area contributed by atoms with E-state index in [1.54, 1.807) is 7.11 Å². The Morgan fingerprint density at radius 1 is 1.20 bits per heavy atom. The van der Waals surface area contributed by atoms with Crippen molar-refractivity contribution >= 4 is 0 Å². The smallest absolute Gasteiger partial charge is 0.161 e. The second-order valence-corrected chi connectivity index (χ2v) is 3.20. The molecule has 84 valence electrons. The Labute approximate surface area is 90.2 Å². The Morgan fingerprint density at radius 3 is 2.40 bits per heavy atom. The highest BCUT2D eigenvalue weighted by Gasteiger charge is 2.10. The first-order valence-electron chi connectivity index (χ1n) is 5.01. The van der Waals surface area contributed by atoms with Crippen LogP contribution in [0.15, 0.2) is 24.3 Å². The van der Waals surface area contributed by atoms with Gasteiger partial charge in [-0.3, -0.25) is 0 Å². The molecular formula is C11H18N2O2. The zero-order chi connectivity index (χ0) is 11.1. The monoisotopic (exact) mass is 210 g/mol. The highest BCUT2D eigenvalue weighted by atomic mass is 16.5. The van der Waals surface area contributed by atoms with Crippen LogP contribution in [-0.4, -0.2) is 26.3 Å². The van der Waals surface area contributed by atoms with Crippen molar-refractivity contribution in [2.45, 2.75) is 12.5 Å². The molecule has 1 atom stereocenters. The highest BCUT2D eigenvalue weighted by Crippen LogP contribution is 2.26. The van der Waals surface area contributed by atoms with Crippen LogP contribution in [0, 0.1) is 0 Å². The Bertz CT molecular complexity index is 292. The molecule has 1 aromatic rings. The van der Waals surface area contributed by atoms with Crippen molar-refractivity contribution in [1.82, 2.24) is 0 Å². The first-order chi connectivity index (χ1) is 7.31. The summed E-state index contributed by atoms with van der Waals surface area (Å²) in [5.74, 6) is 1.43. The molecule has 4 N–H and O–H groups in total. The van der Waals surface area contributed by atoms with E-state index in [0.717, 1.165) is 6.42 Å². The van der Waals surface area contributed by atoms with E-state index in [2.05, 4.69) is 0 Å². The number of methoxy groups -OCH3 is 1. The summed E-state index contributed by atoms with van der Waals surface area (Å²) in [6.45, 7) is 1.02. The van der Waals surface area contributed by atoms with E-state index in [1.807, 2.05) is 24.3 Å². The van der Waals surface area contributed by atoms with Gasteiger partial charge < -0.3 is 20.9 Å². The Balaban J connectivity index is 2.69. The number of nitrogens with two attached hydrogens (primary N) is 2. The average Bonchev–Trinajstić information content (AvgIpc) is 2.29. The van der Waals surface area contributed by atoms with Gasteiger partial charge in [-0.2, -0.15) is 0 Å². The number of hydrogen-bond acceptors (Lipinski definition) is 4. The van der Waals surface area contributed by atoms with Crippen LogP contribution < -0.4 is 20.9 Å². The molecule has 4 heteroatoms. The van der Waals surface area contributed by atoms with E-state index in [0.29, 0.717) is 24.6 Å². The van der Waals surface area contributed by atoms with Crippen LogP contribution in [0.25, 0.3) is 0 Å². The van der Waals surface area contributed by atoms with Gasteiger partial charge in [0.05, 0.1) is 7.11 Å². The molecule has 1 unspecified atom stereocenters. The molecule has 0 amide bonds. The highest BCUT2D eigenvalue weighted by molar-refractivity contribution is 5.39. The molecule has 0 saturated carbocycles. The van der Waals surface area contributed by atoms with E-state index < -0.39 is 0 Å². The zero-order valence-corrected chi connectivity index (χ0v) is 8.98. The molecular weight excluding hydrogens is 192 g/mol. The van der Waals surface area contributed by atoms with Gasteiger partial charge in [-0.05, 0) is 25.1 Å². The molecule has 0 spiro atoms. The van der Waals surface area contributed by atoms with Gasteiger partial charge >= 0.3 is 0 Å². The van der Waals surface area contributed by atoms with Gasteiger partial charge in [0.2, 0.25) is 0 Å². The lowest BCUT2D eigenvalue weighted by Gasteiger charge is -2.18. The summed E-state index contributed by atoms with van der Waals surface area (Å²) in [5.41, 5.74) is 11.0. The lowest BCUT2D eigenvalue weighted by atomic mass is 10.2. The molecule has 0 aliphatic rings. The molecule has 0 saturated heterocycles. The maximum Gasteiger partial charge on any atom is 0.161 e. The fraction of sp³-hybridized carbons (Fsp3) is 0.455. The van der Waals surface area contributed by atoms with Crippen LogP contribution in [0.3, 0.4) is 0 Å². The summed E-state index contributed by atoms with van der Waals surface area (Å²) in [5, 5.41) is 0. The molecule has 4 nitrogen and oxygen atoms in total. The first-order valence-corrected chi connectivity index (χ1v) is 5.01. The largest absolute Gasteiger partial charge is 0.493 e. The molecule has 15 heavy (non-hydrogen) atoms. The van der Waals surface area contributed by atoms with Crippen LogP contribution in [-0.2, 0) is 0 Å². The topological polar surface area (TPSA) is 70.5 Å². The fourth-order valence-electron chi connectivity index (χ4n) is 1.31. The second-order valence-electron chi connectivity index (χ2n) is 3.20. The molecule has 0 bridgehead atoms. The minimum atomic E-state index is -0.0497. The summed E-state index contributed by atoms with van der Waals surface area (Å²) >= 11 is 0. The summed E-state index contributed by atoms with van der Waals surface area (Å²) in [4.78, 5) is 0. The molecule has 0 fully saturated rings. The third-order valence-electron chi connectivity index (χ3n) is 2.11. The van der Waals surface area contributed by atoms with Crippen molar-refractivity contribution in [2.24, 2.45) is 11.5 Å². The van der Waals surface area contributed by atoms with Crippen molar-refractivity contribution in [1.29, 1.82) is 0 Å². The lowest BCUT2D eigenvalue weighted by Crippen LogP contribution is -2.29. The quantitative estimate of drug-likeness (QED) is 0.727. The number of para-hydroxylation sites is 2. The average molecular weight is 210 g/mol. The third-order valence-corrected chi connectivity index (χ3v) is 2.11. The summed E-state index contributed by atoms with van der Waals surface area (Å²) in [7, 11) is 1.61. The lowest BCUT2D eigenvalue weighted by molar-refractivity contribution is 0.193. The minimum absolute atomic E-state index is 0.0497. The third kappa shape index (κ3) is 3.42. The summed E-state index contributed by atoms with van der Waals surface area (Å²) < 4.78 is 10.9. The van der Waals surface area contributed by atoms with Gasteiger partial charge in [-0.15, -0.1) is 0 Å². The number of benzene rings is 1. The minimum Gasteiger partial charge on any atom is -0.493 e. The number of ether oxygens (including phenoxy) is 2. The van der Waals surface area contributed by atoms with E-state index in [-0.39, 0.29) is 6.10 Å². The van der Waals surface area contributed by atoms with Crippen LogP contribution in [0.4, 0.5) is 0 Å². The van der Waals surface area contributed by atoms with E-state index >= 15 is 0 Å². The van der Waals surface area contributed by atoms with Gasteiger partial charge in [0, 0.05) is 6.54 Å². The standard InChI is InChI=1S/C11H18N2O2/c1-14-10-4-2-3-5-11(10)15-9(8-13)6-7-12/h2-5,9H,6-8,12-13H2,1H3. The molecule has 0 aliphatic carbocycles. The maximum absolute atomic E-state index is 5.70. The Hall–Kier alpha value is -1.26. The molecule has 1 aromatic carbocycles. The number of rotatable bonds is 6. The van der Waals surface area contributed by atoms with Crippen molar-refractivity contribution < 1.29 is 9.47 Å². The van der Waals surface area contributed by atoms with Crippen LogP contribution in [0.2, 0.25) is 0 Å². The molecule has 0 radical (unpaired) electrons. The van der Waals surface area contributed by atoms with Crippen molar-refractivity contribution in [3.8, 4) is 11.5 Å². The van der Waals surface area contributed by atoms with Crippen molar-refractivity contribution in [3.05, 3.63) is 24.3 Å². The molecule has 0 aromatic heterocycles. The Morgan fingerprint density at radius 2 is 1.87 bits per heavy atom. The summed E-state index contributed by atoms with van der Waals surface area (Å²) in [6, 6.07) is 7.50. The predicted molar refractivity (Wildman–Crippen MR) is 60.1 cm³/mol. The van der Waals surface area contributed by atoms with E-state index in [4.69, 9.17) is 20.9 Å². The SMILES string of the molecule is COc1ccccc1OC(CN)CCN. The van der Waals surface area contributed by atoms with Gasteiger partial charge in [0.25, 0.3) is 0 Å².